The van der Waals surface area contributed by atoms with E-state index in [0.29, 0.717) is 5.56 Å². The number of para-hydroxylation sites is 1. The molecule has 0 aliphatic heterocycles. The van der Waals surface area contributed by atoms with Crippen LogP contribution in [0.5, 0.6) is 0 Å². The molecule has 0 saturated carbocycles. The van der Waals surface area contributed by atoms with E-state index in [9.17, 15) is 32.7 Å². The number of benzene rings is 2. The lowest BCUT2D eigenvalue weighted by molar-refractivity contribution is -0.139. The third kappa shape index (κ3) is 9.18. The van der Waals surface area contributed by atoms with Crippen molar-refractivity contribution in [2.75, 3.05) is 17.2 Å². The lowest BCUT2D eigenvalue weighted by atomic mass is 10.1. The molecule has 12 heteroatoms. The first-order valence-corrected chi connectivity index (χ1v) is 12.4. The molecule has 0 aromatic heterocycles. The third-order valence-corrected chi connectivity index (χ3v) is 6.52. The van der Waals surface area contributed by atoms with Crippen molar-refractivity contribution in [1.82, 2.24) is 5.32 Å². The second kappa shape index (κ2) is 12.6. The van der Waals surface area contributed by atoms with Crippen LogP contribution in [0.1, 0.15) is 18.4 Å². The van der Waals surface area contributed by atoms with Crippen molar-refractivity contribution in [3.8, 4) is 0 Å². The van der Waals surface area contributed by atoms with E-state index in [-0.39, 0.29) is 18.5 Å². The average molecular weight is 506 g/mol. The van der Waals surface area contributed by atoms with Gasteiger partial charge in [-0.25, -0.2) is 8.42 Å². The predicted octanol–water partition coefficient (Wildman–Crippen LogP) is 0.396. The summed E-state index contributed by atoms with van der Waals surface area (Å²) in [6, 6.07) is 13.1. The molecule has 2 aromatic rings. The molecular formula is C23H27N3O8S. The molecule has 5 N–H and O–H groups in total. The summed E-state index contributed by atoms with van der Waals surface area (Å²) in [5, 5.41) is 20.5. The molecule has 2 rings (SSSR count). The number of nitrogens with one attached hydrogen (secondary N) is 1. The van der Waals surface area contributed by atoms with Gasteiger partial charge in [-0.2, -0.15) is 0 Å². The van der Waals surface area contributed by atoms with Gasteiger partial charge < -0.3 is 21.3 Å². The van der Waals surface area contributed by atoms with Crippen LogP contribution in [-0.2, 0) is 34.8 Å². The monoisotopic (exact) mass is 505 g/mol. The predicted molar refractivity (Wildman–Crippen MR) is 127 cm³/mol. The van der Waals surface area contributed by atoms with E-state index in [2.05, 4.69) is 5.32 Å². The fourth-order valence-corrected chi connectivity index (χ4v) is 4.77. The third-order valence-electron chi connectivity index (χ3n) is 4.91. The minimum atomic E-state index is -3.94. The Morgan fingerprint density at radius 1 is 0.943 bits per heavy atom. The fourth-order valence-electron chi connectivity index (χ4n) is 3.22. The van der Waals surface area contributed by atoms with Crippen molar-refractivity contribution in [2.24, 2.45) is 5.73 Å². The van der Waals surface area contributed by atoms with Gasteiger partial charge in [0.15, 0.2) is 9.84 Å². The van der Waals surface area contributed by atoms with Gasteiger partial charge in [0.1, 0.15) is 18.6 Å². The number of rotatable bonds is 13. The molecule has 0 radical (unpaired) electrons. The van der Waals surface area contributed by atoms with E-state index < -0.39 is 63.7 Å². The van der Waals surface area contributed by atoms with E-state index >= 15 is 0 Å². The number of amides is 2. The highest BCUT2D eigenvalue weighted by atomic mass is 32.2. The van der Waals surface area contributed by atoms with Crippen LogP contribution in [-0.4, -0.2) is 66.8 Å². The van der Waals surface area contributed by atoms with Crippen molar-refractivity contribution < 1.29 is 37.8 Å². The average Bonchev–Trinajstić information content (AvgIpc) is 2.80. The Morgan fingerprint density at radius 2 is 1.51 bits per heavy atom. The molecule has 0 heterocycles. The number of aliphatic carboxylic acids is 2. The van der Waals surface area contributed by atoms with Crippen LogP contribution in [0.25, 0.3) is 0 Å². The summed E-state index contributed by atoms with van der Waals surface area (Å²) < 4.78 is 25.8. The Labute approximate surface area is 202 Å². The topological polar surface area (TPSA) is 184 Å². The van der Waals surface area contributed by atoms with Crippen molar-refractivity contribution in [3.05, 3.63) is 66.2 Å². The second-order valence-electron chi connectivity index (χ2n) is 7.80. The second-order valence-corrected chi connectivity index (χ2v) is 9.91. The smallest absolute Gasteiger partial charge is 0.323 e. The minimum absolute atomic E-state index is 0.201. The van der Waals surface area contributed by atoms with Crippen LogP contribution >= 0.6 is 0 Å². The molecule has 0 aliphatic rings. The summed E-state index contributed by atoms with van der Waals surface area (Å²) in [5.74, 6) is -5.58. The number of hydrogen-bond acceptors (Lipinski definition) is 7. The van der Waals surface area contributed by atoms with Crippen molar-refractivity contribution in [3.63, 3.8) is 0 Å². The number of carboxylic acids is 2. The highest BCUT2D eigenvalue weighted by molar-refractivity contribution is 7.90. The summed E-state index contributed by atoms with van der Waals surface area (Å²) in [5.41, 5.74) is 6.08. The Hall–Kier alpha value is -3.77. The van der Waals surface area contributed by atoms with E-state index in [1.54, 1.807) is 48.5 Å². The molecule has 0 unspecified atom stereocenters. The fraction of sp³-hybridized carbons (Fsp3) is 0.304. The zero-order valence-corrected chi connectivity index (χ0v) is 19.6. The molecule has 2 aromatic carbocycles. The van der Waals surface area contributed by atoms with Crippen LogP contribution in [0.3, 0.4) is 0 Å². The first-order valence-electron chi connectivity index (χ1n) is 10.6. The summed E-state index contributed by atoms with van der Waals surface area (Å²) >= 11 is 0. The van der Waals surface area contributed by atoms with Crippen LogP contribution in [0.4, 0.5) is 5.69 Å². The quantitative estimate of drug-likeness (QED) is 0.299. The number of hydrogen-bond donors (Lipinski definition) is 4. The summed E-state index contributed by atoms with van der Waals surface area (Å²) in [6.45, 7) is -0.766. The lowest BCUT2D eigenvalue weighted by Gasteiger charge is -2.27. The van der Waals surface area contributed by atoms with Gasteiger partial charge in [0.05, 0.1) is 11.5 Å². The molecule has 2 amide bonds. The standard InChI is InChI=1S/C23H27N3O8S/c24-18(23(31)32)11-12-20(27)25-19(15-35(33,34)14-16-7-3-1-4-8-16)22(30)26(13-21(28)29)17-9-5-2-6-10-17/h1-10,18-19H,11-15,24H2,(H,25,27)(H,28,29)(H,31,32)/t18-,19-/m0/s1. The highest BCUT2D eigenvalue weighted by Crippen LogP contribution is 2.16. The summed E-state index contributed by atoms with van der Waals surface area (Å²) in [7, 11) is -3.94. The Balaban J connectivity index is 2.31. The maximum Gasteiger partial charge on any atom is 0.323 e. The van der Waals surface area contributed by atoms with Crippen LogP contribution in [0.15, 0.2) is 60.7 Å². The molecule has 11 nitrogen and oxygen atoms in total. The molecule has 0 saturated heterocycles. The van der Waals surface area contributed by atoms with E-state index in [1.807, 2.05) is 0 Å². The van der Waals surface area contributed by atoms with Crippen LogP contribution in [0, 0.1) is 0 Å². The highest BCUT2D eigenvalue weighted by Gasteiger charge is 2.32. The van der Waals surface area contributed by atoms with E-state index in [1.165, 1.54) is 12.1 Å². The van der Waals surface area contributed by atoms with Gasteiger partial charge in [0, 0.05) is 12.1 Å². The van der Waals surface area contributed by atoms with Crippen molar-refractivity contribution in [2.45, 2.75) is 30.7 Å². The Morgan fingerprint density at radius 3 is 2.06 bits per heavy atom. The van der Waals surface area contributed by atoms with Crippen LogP contribution in [0.2, 0.25) is 0 Å². The summed E-state index contributed by atoms with van der Waals surface area (Å²) in [4.78, 5) is 49.0. The maximum atomic E-state index is 13.4. The van der Waals surface area contributed by atoms with Crippen molar-refractivity contribution in [1.29, 1.82) is 0 Å². The zero-order valence-electron chi connectivity index (χ0n) is 18.7. The van der Waals surface area contributed by atoms with Gasteiger partial charge in [-0.1, -0.05) is 48.5 Å². The minimum Gasteiger partial charge on any atom is -0.480 e. The van der Waals surface area contributed by atoms with Gasteiger partial charge in [0.2, 0.25) is 5.91 Å². The molecule has 0 bridgehead atoms. The number of anilines is 1. The molecule has 0 fully saturated rings. The van der Waals surface area contributed by atoms with Gasteiger partial charge >= 0.3 is 11.9 Å². The lowest BCUT2D eigenvalue weighted by Crippen LogP contribution is -2.53. The van der Waals surface area contributed by atoms with Gasteiger partial charge in [0.25, 0.3) is 5.91 Å². The maximum absolute atomic E-state index is 13.4. The Bertz CT molecular complexity index is 1140. The van der Waals surface area contributed by atoms with Gasteiger partial charge in [-0.15, -0.1) is 0 Å². The molecule has 0 spiro atoms. The first-order chi connectivity index (χ1) is 16.5. The molecular weight excluding hydrogens is 478 g/mol. The zero-order chi connectivity index (χ0) is 26.0. The van der Waals surface area contributed by atoms with Crippen molar-refractivity contribution >= 4 is 39.3 Å². The molecule has 188 valence electrons. The number of carboxylic acid groups (broad SMARTS) is 2. The van der Waals surface area contributed by atoms with Gasteiger partial charge in [-0.05, 0) is 24.1 Å². The van der Waals surface area contributed by atoms with Crippen LogP contribution < -0.4 is 16.0 Å². The first kappa shape index (κ1) is 27.5. The van der Waals surface area contributed by atoms with E-state index in [0.717, 1.165) is 4.90 Å². The molecule has 2 atom stereocenters. The normalized spacial score (nSPS) is 12.8. The number of sulfone groups is 1. The Kier molecular flexibility index (Phi) is 9.91. The molecule has 35 heavy (non-hydrogen) atoms. The molecule has 0 aliphatic carbocycles. The van der Waals surface area contributed by atoms with E-state index in [4.69, 9.17) is 10.8 Å². The summed E-state index contributed by atoms with van der Waals surface area (Å²) in [6.07, 6.45) is -0.614. The van der Waals surface area contributed by atoms with Gasteiger partial charge in [-0.3, -0.25) is 24.1 Å². The largest absolute Gasteiger partial charge is 0.480 e. The number of nitrogens with zero attached hydrogens (tertiary/aromatic N) is 1. The number of carbonyl (C=O) groups excluding carboxylic acids is 2. The number of carbonyl (C=O) groups is 4. The number of nitrogens with two attached hydrogens (primary N) is 1. The SMILES string of the molecule is N[C@@H](CCC(=O)N[C@@H](CS(=O)(=O)Cc1ccccc1)C(=O)N(CC(=O)O)c1ccccc1)C(=O)O.